The zero-order chi connectivity index (χ0) is 16.8. The largest absolute Gasteiger partial charge is 0.0941 e. The van der Waals surface area contributed by atoms with Crippen LogP contribution in [0.15, 0.2) is 72.8 Å². The first-order valence-corrected chi connectivity index (χ1v) is 10.8. The summed E-state index contributed by atoms with van der Waals surface area (Å²) in [5.41, 5.74) is 7.81. The Kier molecular flexibility index (Phi) is 6.06. The van der Waals surface area contributed by atoms with Crippen LogP contribution in [-0.2, 0) is 5.75 Å². The van der Waals surface area contributed by atoms with E-state index in [1.807, 2.05) is 21.6 Å². The Morgan fingerprint density at radius 2 is 1.29 bits per heavy atom. The molecule has 0 aliphatic heterocycles. The Morgan fingerprint density at radius 3 is 1.92 bits per heavy atom. The maximum Gasteiger partial charge on any atom is 0.0288 e. The molecule has 0 fully saturated rings. The zero-order valence-corrected chi connectivity index (χ0v) is 15.8. The fourth-order valence-electron chi connectivity index (χ4n) is 2.73. The van der Waals surface area contributed by atoms with Crippen molar-refractivity contribution in [1.29, 1.82) is 0 Å². The van der Waals surface area contributed by atoms with Gasteiger partial charge in [-0.3, -0.25) is 0 Å². The summed E-state index contributed by atoms with van der Waals surface area (Å²) in [4.78, 5) is 0. The predicted octanol–water partition coefficient (Wildman–Crippen LogP) is 7.23. The summed E-state index contributed by atoms with van der Waals surface area (Å²) >= 11 is 0. The van der Waals surface area contributed by atoms with Gasteiger partial charge in [0.15, 0.2) is 0 Å². The molecule has 0 bridgehead atoms. The third-order valence-electron chi connectivity index (χ3n) is 3.90. The van der Waals surface area contributed by atoms with Crippen molar-refractivity contribution in [2.45, 2.75) is 19.6 Å². The number of hydrogen-bond acceptors (Lipinski definition) is 2. The fourth-order valence-corrected chi connectivity index (χ4v) is 4.47. The summed E-state index contributed by atoms with van der Waals surface area (Å²) < 4.78 is 0. The van der Waals surface area contributed by atoms with Gasteiger partial charge >= 0.3 is 0 Å². The lowest BCUT2D eigenvalue weighted by Gasteiger charge is -2.09. The molecule has 0 radical (unpaired) electrons. The Morgan fingerprint density at radius 1 is 0.667 bits per heavy atom. The second-order valence-electron chi connectivity index (χ2n) is 5.82. The second-order valence-corrected chi connectivity index (χ2v) is 8.57. The molecule has 2 heteroatoms. The summed E-state index contributed by atoms with van der Waals surface area (Å²) in [6.45, 7) is 4.37. The van der Waals surface area contributed by atoms with Crippen molar-refractivity contribution in [2.24, 2.45) is 0 Å². The van der Waals surface area contributed by atoms with E-state index in [0.717, 1.165) is 11.5 Å². The molecule has 122 valence electrons. The third kappa shape index (κ3) is 4.46. The third-order valence-corrected chi connectivity index (χ3v) is 6.31. The van der Waals surface area contributed by atoms with E-state index < -0.39 is 0 Å². The van der Waals surface area contributed by atoms with E-state index in [9.17, 15) is 0 Å². The summed E-state index contributed by atoms with van der Waals surface area (Å²) in [6, 6.07) is 26.4. The lowest BCUT2D eigenvalue weighted by molar-refractivity contribution is 1.41. The fraction of sp³-hybridized carbons (Fsp3) is 0.182. The first-order valence-electron chi connectivity index (χ1n) is 8.27. The monoisotopic (exact) mass is 350 g/mol. The molecule has 0 aliphatic rings. The van der Waals surface area contributed by atoms with Crippen LogP contribution in [0.2, 0.25) is 0 Å². The van der Waals surface area contributed by atoms with E-state index >= 15 is 0 Å². The van der Waals surface area contributed by atoms with Gasteiger partial charge in [-0.05, 0) is 46.4 Å². The standard InChI is InChI=1S/C22H22S2/c1-3-23-24-16-18-9-11-20(12-10-18)22-14-17(2)13-21(15-22)19-7-5-4-6-8-19/h4-15H,3,16H2,1-2H3. The molecule has 0 N–H and O–H groups in total. The molecule has 0 aliphatic carbocycles. The highest BCUT2D eigenvalue weighted by molar-refractivity contribution is 8.76. The Hall–Kier alpha value is -1.64. The Balaban J connectivity index is 1.85. The normalized spacial score (nSPS) is 10.8. The van der Waals surface area contributed by atoms with E-state index in [1.165, 1.54) is 33.4 Å². The summed E-state index contributed by atoms with van der Waals surface area (Å²) in [5, 5.41) is 0. The van der Waals surface area contributed by atoms with Crippen LogP contribution in [0, 0.1) is 6.92 Å². The van der Waals surface area contributed by atoms with Gasteiger partial charge < -0.3 is 0 Å². The van der Waals surface area contributed by atoms with Gasteiger partial charge in [0.25, 0.3) is 0 Å². The highest BCUT2D eigenvalue weighted by atomic mass is 33.1. The topological polar surface area (TPSA) is 0 Å². The molecule has 0 aromatic heterocycles. The average Bonchev–Trinajstić information content (AvgIpc) is 2.63. The van der Waals surface area contributed by atoms with Gasteiger partial charge in [0.2, 0.25) is 0 Å². The Labute approximate surface area is 153 Å². The molecule has 0 saturated heterocycles. The molecule has 3 aromatic rings. The number of benzene rings is 3. The van der Waals surface area contributed by atoms with Crippen molar-refractivity contribution in [3.8, 4) is 22.3 Å². The minimum Gasteiger partial charge on any atom is -0.0941 e. The lowest BCUT2D eigenvalue weighted by Crippen LogP contribution is -1.85. The molecule has 0 atom stereocenters. The van der Waals surface area contributed by atoms with E-state index in [2.05, 4.69) is 86.6 Å². The van der Waals surface area contributed by atoms with Crippen LogP contribution in [0.4, 0.5) is 0 Å². The van der Waals surface area contributed by atoms with Crippen molar-refractivity contribution in [3.63, 3.8) is 0 Å². The molecule has 0 saturated carbocycles. The summed E-state index contributed by atoms with van der Waals surface area (Å²) in [6.07, 6.45) is 0. The van der Waals surface area contributed by atoms with Crippen LogP contribution in [0.25, 0.3) is 22.3 Å². The van der Waals surface area contributed by atoms with Crippen LogP contribution in [0.5, 0.6) is 0 Å². The van der Waals surface area contributed by atoms with Gasteiger partial charge in [-0.15, -0.1) is 0 Å². The maximum atomic E-state index is 2.29. The van der Waals surface area contributed by atoms with Crippen molar-refractivity contribution in [2.75, 3.05) is 5.75 Å². The summed E-state index contributed by atoms with van der Waals surface area (Å²) in [7, 11) is 3.85. The molecule has 3 rings (SSSR count). The second kappa shape index (κ2) is 8.46. The van der Waals surface area contributed by atoms with Crippen LogP contribution >= 0.6 is 21.6 Å². The number of hydrogen-bond donors (Lipinski definition) is 0. The number of aryl methyl sites for hydroxylation is 1. The minimum absolute atomic E-state index is 1.07. The van der Waals surface area contributed by atoms with Crippen LogP contribution < -0.4 is 0 Å². The predicted molar refractivity (Wildman–Crippen MR) is 111 cm³/mol. The maximum absolute atomic E-state index is 2.29. The smallest absolute Gasteiger partial charge is 0.0288 e. The van der Waals surface area contributed by atoms with Gasteiger partial charge in [0.05, 0.1) is 0 Å². The minimum atomic E-state index is 1.07. The quantitative estimate of drug-likeness (QED) is 0.340. The Bertz CT molecular complexity index is 777. The van der Waals surface area contributed by atoms with Gasteiger partial charge in [-0.25, -0.2) is 0 Å². The zero-order valence-electron chi connectivity index (χ0n) is 14.2. The van der Waals surface area contributed by atoms with Gasteiger partial charge in [-0.2, -0.15) is 0 Å². The van der Waals surface area contributed by atoms with Crippen molar-refractivity contribution >= 4 is 21.6 Å². The molecule has 0 heterocycles. The molecule has 0 amide bonds. The molecule has 0 spiro atoms. The van der Waals surface area contributed by atoms with Crippen LogP contribution in [-0.4, -0.2) is 5.75 Å². The van der Waals surface area contributed by atoms with Gasteiger partial charge in [0, 0.05) is 11.5 Å². The van der Waals surface area contributed by atoms with E-state index in [4.69, 9.17) is 0 Å². The van der Waals surface area contributed by atoms with Gasteiger partial charge in [-0.1, -0.05) is 95.2 Å². The molecular weight excluding hydrogens is 328 g/mol. The average molecular weight is 351 g/mol. The molecule has 3 aromatic carbocycles. The van der Waals surface area contributed by atoms with Crippen molar-refractivity contribution in [3.05, 3.63) is 83.9 Å². The van der Waals surface area contributed by atoms with E-state index in [0.29, 0.717) is 0 Å². The highest BCUT2D eigenvalue weighted by Crippen LogP contribution is 2.30. The van der Waals surface area contributed by atoms with E-state index in [-0.39, 0.29) is 0 Å². The molecular formula is C22H22S2. The van der Waals surface area contributed by atoms with Crippen LogP contribution in [0.1, 0.15) is 18.1 Å². The first-order chi connectivity index (χ1) is 11.8. The lowest BCUT2D eigenvalue weighted by atomic mass is 9.96. The molecule has 24 heavy (non-hydrogen) atoms. The number of rotatable bonds is 6. The van der Waals surface area contributed by atoms with E-state index in [1.54, 1.807) is 0 Å². The van der Waals surface area contributed by atoms with Crippen LogP contribution in [0.3, 0.4) is 0 Å². The summed E-state index contributed by atoms with van der Waals surface area (Å²) in [5.74, 6) is 2.23. The SMILES string of the molecule is CCSSCc1ccc(-c2cc(C)cc(-c3ccccc3)c2)cc1. The van der Waals surface area contributed by atoms with Crippen molar-refractivity contribution < 1.29 is 0 Å². The molecule has 0 unspecified atom stereocenters. The molecule has 0 nitrogen and oxygen atoms in total. The van der Waals surface area contributed by atoms with Gasteiger partial charge in [0.1, 0.15) is 0 Å². The first kappa shape index (κ1) is 17.2. The van der Waals surface area contributed by atoms with Crippen molar-refractivity contribution in [1.82, 2.24) is 0 Å². The highest BCUT2D eigenvalue weighted by Gasteiger charge is 2.04.